The van der Waals surface area contributed by atoms with Crippen LogP contribution in [0, 0.1) is 6.92 Å². The lowest BCUT2D eigenvalue weighted by atomic mass is 10.1. The number of rotatable bonds is 5. The van der Waals surface area contributed by atoms with Gasteiger partial charge >= 0.3 is 5.97 Å². The summed E-state index contributed by atoms with van der Waals surface area (Å²) in [4.78, 5) is 24.2. The molecule has 0 saturated carbocycles. The number of anilines is 2. The number of halogens is 1. The first-order chi connectivity index (χ1) is 12.4. The minimum atomic E-state index is -1.31. The van der Waals surface area contributed by atoms with Gasteiger partial charge in [0.25, 0.3) is 0 Å². The molecule has 2 aromatic carbocycles. The largest absolute Gasteiger partial charge is 0.505 e. The molecule has 0 bridgehead atoms. The van der Waals surface area contributed by atoms with Gasteiger partial charge < -0.3 is 15.5 Å². The van der Waals surface area contributed by atoms with Crippen molar-refractivity contribution < 1.29 is 19.8 Å². The summed E-state index contributed by atoms with van der Waals surface area (Å²) in [5.74, 6) is -2.33. The lowest BCUT2D eigenvalue weighted by Gasteiger charge is -2.08. The monoisotopic (exact) mass is 387 g/mol. The Kier molecular flexibility index (Phi) is 4.97. The first kappa shape index (κ1) is 18.0. The van der Waals surface area contributed by atoms with Crippen LogP contribution in [0.15, 0.2) is 48.5 Å². The van der Waals surface area contributed by atoms with Crippen molar-refractivity contribution in [2.75, 3.05) is 5.32 Å². The maximum Gasteiger partial charge on any atom is 0.342 e. The molecule has 7 heteroatoms. The average molecular weight is 388 g/mol. The predicted molar refractivity (Wildman–Crippen MR) is 102 cm³/mol. The number of thiophene rings is 1. The van der Waals surface area contributed by atoms with E-state index in [1.54, 1.807) is 18.2 Å². The third-order valence-electron chi connectivity index (χ3n) is 3.80. The van der Waals surface area contributed by atoms with Gasteiger partial charge in [0, 0.05) is 16.3 Å². The second-order valence-electron chi connectivity index (χ2n) is 5.57. The van der Waals surface area contributed by atoms with Gasteiger partial charge in [-0.2, -0.15) is 0 Å². The Morgan fingerprint density at radius 3 is 2.35 bits per heavy atom. The highest BCUT2D eigenvalue weighted by Crippen LogP contribution is 2.41. The number of aromatic carboxylic acids is 1. The number of benzene rings is 2. The number of nitrogens with one attached hydrogen (secondary N) is 1. The first-order valence-electron chi connectivity index (χ1n) is 7.60. The number of para-hydroxylation sites is 1. The quantitative estimate of drug-likeness (QED) is 0.531. The van der Waals surface area contributed by atoms with Crippen LogP contribution in [0.25, 0.3) is 0 Å². The number of carboxylic acids is 1. The van der Waals surface area contributed by atoms with Crippen LogP contribution in [0.3, 0.4) is 0 Å². The Balaban J connectivity index is 2.05. The van der Waals surface area contributed by atoms with Crippen molar-refractivity contribution in [3.63, 3.8) is 0 Å². The first-order valence-corrected chi connectivity index (χ1v) is 8.80. The summed E-state index contributed by atoms with van der Waals surface area (Å²) in [7, 11) is 0. The van der Waals surface area contributed by atoms with Crippen LogP contribution in [0.5, 0.6) is 5.75 Å². The lowest BCUT2D eigenvalue weighted by molar-refractivity contribution is 0.0695. The summed E-state index contributed by atoms with van der Waals surface area (Å²) in [6, 6.07) is 13.5. The molecular weight excluding hydrogens is 374 g/mol. The molecule has 0 radical (unpaired) electrons. The zero-order chi connectivity index (χ0) is 18.8. The Hall–Kier alpha value is -2.83. The van der Waals surface area contributed by atoms with Crippen molar-refractivity contribution >= 4 is 45.4 Å². The second-order valence-corrected chi connectivity index (χ2v) is 7.02. The fraction of sp³-hybridized carbons (Fsp3) is 0.0526. The van der Waals surface area contributed by atoms with Crippen molar-refractivity contribution in [3.8, 4) is 5.75 Å². The van der Waals surface area contributed by atoms with Gasteiger partial charge in [0.15, 0.2) is 5.75 Å². The van der Waals surface area contributed by atoms with Gasteiger partial charge in [-0.3, -0.25) is 4.79 Å². The Labute approximate surface area is 158 Å². The molecule has 0 fully saturated rings. The van der Waals surface area contributed by atoms with Gasteiger partial charge in [0.2, 0.25) is 5.78 Å². The Morgan fingerprint density at radius 2 is 1.73 bits per heavy atom. The minimum Gasteiger partial charge on any atom is -0.505 e. The summed E-state index contributed by atoms with van der Waals surface area (Å²) >= 11 is 6.72. The normalized spacial score (nSPS) is 10.5. The molecule has 132 valence electrons. The Bertz CT molecular complexity index is 995. The van der Waals surface area contributed by atoms with Crippen molar-refractivity contribution in [1.29, 1.82) is 0 Å². The van der Waals surface area contributed by atoms with E-state index in [0.29, 0.717) is 16.3 Å². The summed E-state index contributed by atoms with van der Waals surface area (Å²) < 4.78 is 0. The molecule has 0 aliphatic carbocycles. The highest BCUT2D eigenvalue weighted by molar-refractivity contribution is 7.19. The molecule has 3 rings (SSSR count). The van der Waals surface area contributed by atoms with Gasteiger partial charge in [-0.1, -0.05) is 29.8 Å². The number of aromatic hydroxyl groups is 1. The zero-order valence-corrected chi connectivity index (χ0v) is 15.2. The van der Waals surface area contributed by atoms with Crippen molar-refractivity contribution in [2.24, 2.45) is 0 Å². The van der Waals surface area contributed by atoms with Gasteiger partial charge in [0.05, 0.1) is 0 Å². The molecular formula is C19H14ClNO4S. The molecule has 0 atom stereocenters. The van der Waals surface area contributed by atoms with Crippen LogP contribution in [-0.4, -0.2) is 22.0 Å². The van der Waals surface area contributed by atoms with E-state index in [4.69, 9.17) is 11.6 Å². The van der Waals surface area contributed by atoms with Gasteiger partial charge in [-0.05, 0) is 42.8 Å². The van der Waals surface area contributed by atoms with Crippen molar-refractivity contribution in [2.45, 2.75) is 6.92 Å². The third-order valence-corrected chi connectivity index (χ3v) is 5.15. The average Bonchev–Trinajstić information content (AvgIpc) is 2.93. The maximum atomic E-state index is 12.7. The van der Waals surface area contributed by atoms with E-state index in [9.17, 15) is 19.8 Å². The fourth-order valence-corrected chi connectivity index (χ4v) is 3.62. The molecule has 0 spiro atoms. The highest BCUT2D eigenvalue weighted by Gasteiger charge is 2.27. The summed E-state index contributed by atoms with van der Waals surface area (Å²) in [6.45, 7) is 1.87. The summed E-state index contributed by atoms with van der Waals surface area (Å²) in [6.07, 6.45) is 0. The van der Waals surface area contributed by atoms with Crippen molar-refractivity contribution in [3.05, 3.63) is 75.1 Å². The topological polar surface area (TPSA) is 86.6 Å². The van der Waals surface area contributed by atoms with Gasteiger partial charge in [-0.25, -0.2) is 4.79 Å². The van der Waals surface area contributed by atoms with Crippen LogP contribution >= 0.6 is 22.9 Å². The summed E-state index contributed by atoms with van der Waals surface area (Å²) in [5.41, 5.74) is 1.59. The van der Waals surface area contributed by atoms with Crippen LogP contribution in [0.2, 0.25) is 5.02 Å². The van der Waals surface area contributed by atoms with Crippen LogP contribution in [0.4, 0.5) is 10.7 Å². The van der Waals surface area contributed by atoms with E-state index in [1.807, 2.05) is 25.1 Å². The van der Waals surface area contributed by atoms with Crippen LogP contribution in [0.1, 0.15) is 31.2 Å². The number of hydrogen-bond donors (Lipinski definition) is 3. The Morgan fingerprint density at radius 1 is 1.08 bits per heavy atom. The SMILES string of the molecule is Cc1ccccc1Nc1sc(C(=O)c2ccc(Cl)cc2)c(O)c1C(=O)O. The molecule has 0 aliphatic heterocycles. The standard InChI is InChI=1S/C19H14ClNO4S/c1-10-4-2-3-5-13(10)21-18-14(19(24)25)16(23)17(26-18)15(22)11-6-8-12(20)9-7-11/h2-9,21,23H,1H3,(H,24,25). The number of ketones is 1. The molecule has 0 amide bonds. The lowest BCUT2D eigenvalue weighted by Crippen LogP contribution is -2.01. The van der Waals surface area contributed by atoms with Crippen molar-refractivity contribution in [1.82, 2.24) is 0 Å². The predicted octanol–water partition coefficient (Wildman–Crippen LogP) is 5.09. The number of carboxylic acid groups (broad SMARTS) is 1. The zero-order valence-electron chi connectivity index (χ0n) is 13.6. The minimum absolute atomic E-state index is 0.0409. The highest BCUT2D eigenvalue weighted by atomic mass is 35.5. The van der Waals surface area contributed by atoms with Gasteiger partial charge in [0.1, 0.15) is 15.4 Å². The van der Waals surface area contributed by atoms with E-state index in [2.05, 4.69) is 5.32 Å². The molecule has 1 aromatic heterocycles. The molecule has 3 N–H and O–H groups in total. The molecule has 5 nitrogen and oxygen atoms in total. The smallest absolute Gasteiger partial charge is 0.342 e. The third kappa shape index (κ3) is 3.42. The van der Waals surface area contributed by atoms with Crippen LogP contribution in [-0.2, 0) is 0 Å². The van der Waals surface area contributed by atoms with E-state index in [0.717, 1.165) is 16.9 Å². The molecule has 26 heavy (non-hydrogen) atoms. The molecule has 0 saturated heterocycles. The van der Waals surface area contributed by atoms with Gasteiger partial charge in [-0.15, -0.1) is 11.3 Å². The van der Waals surface area contributed by atoms with E-state index in [-0.39, 0.29) is 15.4 Å². The molecule has 0 aliphatic rings. The second kappa shape index (κ2) is 7.19. The number of carbonyl (C=O) groups excluding carboxylic acids is 1. The molecule has 1 heterocycles. The van der Waals surface area contributed by atoms with E-state index in [1.165, 1.54) is 12.1 Å². The van der Waals surface area contributed by atoms with E-state index < -0.39 is 17.5 Å². The fourth-order valence-electron chi connectivity index (χ4n) is 2.43. The van der Waals surface area contributed by atoms with Crippen LogP contribution < -0.4 is 5.32 Å². The maximum absolute atomic E-state index is 12.7. The number of hydrogen-bond acceptors (Lipinski definition) is 5. The molecule has 0 unspecified atom stereocenters. The summed E-state index contributed by atoms with van der Waals surface area (Å²) in [5, 5.41) is 23.5. The number of carbonyl (C=O) groups is 2. The van der Waals surface area contributed by atoms with E-state index >= 15 is 0 Å². The number of aryl methyl sites for hydroxylation is 1. The molecule has 3 aromatic rings.